The largest absolute Gasteiger partial charge is 0.485 e. The number of aliphatic carboxylic acids is 1. The van der Waals surface area contributed by atoms with Crippen molar-refractivity contribution in [1.29, 1.82) is 0 Å². The third kappa shape index (κ3) is 5.48. The van der Waals surface area contributed by atoms with Crippen molar-refractivity contribution in [2.75, 3.05) is 13.9 Å². The highest BCUT2D eigenvalue weighted by Gasteiger charge is 2.07. The Bertz CT molecular complexity index is 664. The van der Waals surface area contributed by atoms with Crippen molar-refractivity contribution in [3.63, 3.8) is 0 Å². The highest BCUT2D eigenvalue weighted by atomic mass is 16.7. The first kappa shape index (κ1) is 16.6. The van der Waals surface area contributed by atoms with Crippen molar-refractivity contribution in [3.8, 4) is 11.5 Å². The van der Waals surface area contributed by atoms with E-state index in [1.807, 2.05) is 30.3 Å². The predicted molar refractivity (Wildman–Crippen MR) is 86.4 cm³/mol. The van der Waals surface area contributed by atoms with Gasteiger partial charge in [-0.2, -0.15) is 0 Å². The van der Waals surface area contributed by atoms with Crippen molar-refractivity contribution in [3.05, 3.63) is 65.7 Å². The van der Waals surface area contributed by atoms with Gasteiger partial charge in [0.2, 0.25) is 0 Å². The average Bonchev–Trinajstić information content (AvgIpc) is 2.58. The van der Waals surface area contributed by atoms with Crippen LogP contribution in [-0.2, 0) is 16.1 Å². The molecule has 1 N–H and O–H groups in total. The van der Waals surface area contributed by atoms with Crippen LogP contribution in [0.2, 0.25) is 0 Å². The lowest BCUT2D eigenvalue weighted by molar-refractivity contribution is -0.131. The maximum absolute atomic E-state index is 10.6. The van der Waals surface area contributed by atoms with Crippen LogP contribution in [0, 0.1) is 0 Å². The van der Waals surface area contributed by atoms with Crippen molar-refractivity contribution in [1.82, 2.24) is 0 Å². The minimum atomic E-state index is -1.00. The molecule has 2 rings (SSSR count). The second kappa shape index (κ2) is 8.60. The number of ether oxygens (including phenoxy) is 3. The quantitative estimate of drug-likeness (QED) is 0.598. The number of carbonyl (C=O) groups is 1. The van der Waals surface area contributed by atoms with Crippen LogP contribution in [0.25, 0.3) is 6.08 Å². The highest BCUT2D eigenvalue weighted by molar-refractivity contribution is 5.85. The number of carboxylic acid groups (broad SMARTS) is 1. The summed E-state index contributed by atoms with van der Waals surface area (Å²) < 4.78 is 16.2. The monoisotopic (exact) mass is 314 g/mol. The molecule has 0 amide bonds. The van der Waals surface area contributed by atoms with Gasteiger partial charge in [0.05, 0.1) is 0 Å². The molecule has 23 heavy (non-hydrogen) atoms. The molecule has 5 nitrogen and oxygen atoms in total. The first-order valence-corrected chi connectivity index (χ1v) is 7.02. The number of hydrogen-bond donors (Lipinski definition) is 1. The number of hydrogen-bond acceptors (Lipinski definition) is 4. The molecule has 0 bridgehead atoms. The number of carboxylic acids is 1. The summed E-state index contributed by atoms with van der Waals surface area (Å²) >= 11 is 0. The van der Waals surface area contributed by atoms with E-state index in [1.165, 1.54) is 13.2 Å². The fourth-order valence-electron chi connectivity index (χ4n) is 1.89. The molecule has 0 heterocycles. The molecule has 0 radical (unpaired) electrons. The van der Waals surface area contributed by atoms with Gasteiger partial charge in [-0.3, -0.25) is 0 Å². The Kier molecular flexibility index (Phi) is 6.20. The Morgan fingerprint density at radius 1 is 1.09 bits per heavy atom. The molecule has 0 atom stereocenters. The minimum absolute atomic E-state index is 0.103. The molecule has 0 aliphatic carbocycles. The molecule has 120 valence electrons. The van der Waals surface area contributed by atoms with E-state index in [4.69, 9.17) is 19.3 Å². The van der Waals surface area contributed by atoms with Gasteiger partial charge in [-0.05, 0) is 29.3 Å². The fraction of sp³-hybridized carbons (Fsp3) is 0.167. The van der Waals surface area contributed by atoms with E-state index >= 15 is 0 Å². The molecule has 0 spiro atoms. The maximum Gasteiger partial charge on any atom is 0.328 e. The second-order valence-corrected chi connectivity index (χ2v) is 4.70. The van der Waals surface area contributed by atoms with Gasteiger partial charge in [0, 0.05) is 13.2 Å². The summed E-state index contributed by atoms with van der Waals surface area (Å²) in [5.74, 6) is 0.0603. The number of benzene rings is 2. The summed E-state index contributed by atoms with van der Waals surface area (Å²) in [4.78, 5) is 10.6. The SMILES string of the molecule is COCOc1ccc(C=CC(=O)O)cc1OCc1ccccc1. The zero-order valence-corrected chi connectivity index (χ0v) is 12.8. The van der Waals surface area contributed by atoms with E-state index in [0.717, 1.165) is 11.6 Å². The minimum Gasteiger partial charge on any atom is -0.485 e. The molecule has 0 unspecified atom stereocenters. The van der Waals surface area contributed by atoms with Gasteiger partial charge in [-0.15, -0.1) is 0 Å². The summed E-state index contributed by atoms with van der Waals surface area (Å²) in [6.07, 6.45) is 2.57. The molecule has 0 saturated carbocycles. The van der Waals surface area contributed by atoms with Crippen LogP contribution in [0.4, 0.5) is 0 Å². The summed E-state index contributed by atoms with van der Waals surface area (Å²) in [6, 6.07) is 14.9. The van der Waals surface area contributed by atoms with Gasteiger partial charge in [-0.25, -0.2) is 4.79 Å². The summed E-state index contributed by atoms with van der Waals surface area (Å²) in [6.45, 7) is 0.488. The topological polar surface area (TPSA) is 65.0 Å². The summed E-state index contributed by atoms with van der Waals surface area (Å²) in [5.41, 5.74) is 1.73. The van der Waals surface area contributed by atoms with Crippen molar-refractivity contribution in [2.24, 2.45) is 0 Å². The van der Waals surface area contributed by atoms with Crippen LogP contribution >= 0.6 is 0 Å². The smallest absolute Gasteiger partial charge is 0.328 e. The van der Waals surface area contributed by atoms with Gasteiger partial charge >= 0.3 is 5.97 Å². The van der Waals surface area contributed by atoms with Crippen LogP contribution in [-0.4, -0.2) is 25.0 Å². The Morgan fingerprint density at radius 3 is 2.57 bits per heavy atom. The maximum atomic E-state index is 10.6. The van der Waals surface area contributed by atoms with Crippen LogP contribution in [0.3, 0.4) is 0 Å². The van der Waals surface area contributed by atoms with Gasteiger partial charge in [0.25, 0.3) is 0 Å². The second-order valence-electron chi connectivity index (χ2n) is 4.70. The predicted octanol–water partition coefficient (Wildman–Crippen LogP) is 3.35. The molecule has 5 heteroatoms. The molecule has 0 fully saturated rings. The summed E-state index contributed by atoms with van der Waals surface area (Å²) in [5, 5.41) is 8.71. The van der Waals surface area contributed by atoms with Crippen LogP contribution in [0.15, 0.2) is 54.6 Å². The van der Waals surface area contributed by atoms with Crippen molar-refractivity contribution >= 4 is 12.0 Å². The standard InChI is InChI=1S/C18H18O5/c1-21-13-23-16-9-7-14(8-10-18(19)20)11-17(16)22-12-15-5-3-2-4-6-15/h2-11H,12-13H2,1H3,(H,19,20). The molecular weight excluding hydrogens is 296 g/mol. The number of methoxy groups -OCH3 is 1. The Balaban J connectivity index is 2.17. The summed E-state index contributed by atoms with van der Waals surface area (Å²) in [7, 11) is 1.54. The molecule has 2 aromatic rings. The Labute approximate surface area is 134 Å². The zero-order valence-electron chi connectivity index (χ0n) is 12.8. The Hall–Kier alpha value is -2.79. The van der Waals surface area contributed by atoms with E-state index in [-0.39, 0.29) is 6.79 Å². The van der Waals surface area contributed by atoms with E-state index in [9.17, 15) is 4.79 Å². The van der Waals surface area contributed by atoms with Gasteiger partial charge in [-0.1, -0.05) is 36.4 Å². The van der Waals surface area contributed by atoms with Crippen molar-refractivity contribution < 1.29 is 24.1 Å². The average molecular weight is 314 g/mol. The molecular formula is C18H18O5. The number of rotatable bonds is 8. The first-order chi connectivity index (χ1) is 11.2. The van der Waals surface area contributed by atoms with Crippen LogP contribution in [0.5, 0.6) is 11.5 Å². The lowest BCUT2D eigenvalue weighted by atomic mass is 10.2. The normalized spacial score (nSPS) is 10.7. The van der Waals surface area contributed by atoms with Crippen LogP contribution < -0.4 is 9.47 Å². The van der Waals surface area contributed by atoms with Gasteiger partial charge < -0.3 is 19.3 Å². The molecule has 2 aromatic carbocycles. The van der Waals surface area contributed by atoms with E-state index in [2.05, 4.69) is 0 Å². The van der Waals surface area contributed by atoms with E-state index < -0.39 is 5.97 Å². The first-order valence-electron chi connectivity index (χ1n) is 7.02. The van der Waals surface area contributed by atoms with Gasteiger partial charge in [0.15, 0.2) is 18.3 Å². The highest BCUT2D eigenvalue weighted by Crippen LogP contribution is 2.29. The third-order valence-corrected chi connectivity index (χ3v) is 2.96. The molecule has 0 aliphatic rings. The van der Waals surface area contributed by atoms with E-state index in [1.54, 1.807) is 18.2 Å². The zero-order chi connectivity index (χ0) is 16.5. The van der Waals surface area contributed by atoms with E-state index in [0.29, 0.717) is 23.7 Å². The lowest BCUT2D eigenvalue weighted by Gasteiger charge is -2.13. The van der Waals surface area contributed by atoms with Gasteiger partial charge in [0.1, 0.15) is 6.61 Å². The van der Waals surface area contributed by atoms with Crippen molar-refractivity contribution in [2.45, 2.75) is 6.61 Å². The lowest BCUT2D eigenvalue weighted by Crippen LogP contribution is -2.03. The fourth-order valence-corrected chi connectivity index (χ4v) is 1.89. The molecule has 0 saturated heterocycles. The Morgan fingerprint density at radius 2 is 1.87 bits per heavy atom. The molecule has 0 aliphatic heterocycles. The van der Waals surface area contributed by atoms with Crippen LogP contribution in [0.1, 0.15) is 11.1 Å². The molecule has 0 aromatic heterocycles. The third-order valence-electron chi connectivity index (χ3n) is 2.96.